The minimum atomic E-state index is -0.643. The number of esters is 1. The van der Waals surface area contributed by atoms with Crippen LogP contribution in [0, 0.1) is 0 Å². The maximum Gasteiger partial charge on any atom is 0.302 e. The van der Waals surface area contributed by atoms with E-state index in [4.69, 9.17) is 21.4 Å². The van der Waals surface area contributed by atoms with Crippen LogP contribution in [0.4, 0.5) is 0 Å². The zero-order valence-electron chi connectivity index (χ0n) is 10.5. The number of ether oxygens (including phenoxy) is 1. The molecule has 0 fully saturated rings. The molecule has 0 radical (unpaired) electrons. The van der Waals surface area contributed by atoms with Crippen LogP contribution in [0.3, 0.4) is 0 Å². The third kappa shape index (κ3) is 7.79. The molecule has 17 heavy (non-hydrogen) atoms. The van der Waals surface area contributed by atoms with E-state index < -0.39 is 4.87 Å². The molecule has 3 nitrogen and oxygen atoms in total. The summed E-state index contributed by atoms with van der Waals surface area (Å²) in [5.41, 5.74) is 1.14. The summed E-state index contributed by atoms with van der Waals surface area (Å²) in [7, 11) is 0. The molecular formula is C12H20BrClO3. The lowest BCUT2D eigenvalue weighted by Gasteiger charge is -2.25. The Morgan fingerprint density at radius 2 is 2.18 bits per heavy atom. The van der Waals surface area contributed by atoms with Crippen LogP contribution in [0.2, 0.25) is 0 Å². The van der Waals surface area contributed by atoms with Gasteiger partial charge >= 0.3 is 5.97 Å². The molecule has 100 valence electrons. The summed E-state index contributed by atoms with van der Waals surface area (Å²) in [5, 5.41) is 9.10. The Balaban J connectivity index is 3.98. The highest BCUT2D eigenvalue weighted by Crippen LogP contribution is 2.29. The number of alkyl halides is 2. The number of allylic oxidation sites excluding steroid dienone is 1. The first kappa shape index (κ1) is 16.9. The average Bonchev–Trinajstić information content (AvgIpc) is 2.25. The molecule has 0 aliphatic carbocycles. The van der Waals surface area contributed by atoms with Gasteiger partial charge in [0.1, 0.15) is 6.61 Å². The maximum atomic E-state index is 10.6. The molecule has 0 unspecified atom stereocenters. The predicted octanol–water partition coefficient (Wildman–Crippen LogP) is 3.03. The van der Waals surface area contributed by atoms with E-state index in [1.807, 2.05) is 13.0 Å². The van der Waals surface area contributed by atoms with Crippen LogP contribution in [0.15, 0.2) is 11.6 Å². The van der Waals surface area contributed by atoms with Gasteiger partial charge in [0.25, 0.3) is 0 Å². The Bertz CT molecular complexity index is 277. The molecule has 2 atom stereocenters. The van der Waals surface area contributed by atoms with Crippen LogP contribution in [0.5, 0.6) is 0 Å². The summed E-state index contributed by atoms with van der Waals surface area (Å²) in [4.78, 5) is 9.96. The number of carbonyl (C=O) groups excluding carboxylic acids is 1. The standard InChI is InChI=1S/C12H20BrClO3/c1-9(6-7-17-10(2)16)4-5-11(13)12(3,14)8-15/h6,11,15H,4-5,7-8H2,1-3H3/b9-6+/t11-,12+/m1/s1. The van der Waals surface area contributed by atoms with E-state index >= 15 is 0 Å². The van der Waals surface area contributed by atoms with Gasteiger partial charge in [0.2, 0.25) is 0 Å². The predicted molar refractivity (Wildman–Crippen MR) is 73.7 cm³/mol. The van der Waals surface area contributed by atoms with Crippen molar-refractivity contribution in [3.8, 4) is 0 Å². The van der Waals surface area contributed by atoms with Crippen molar-refractivity contribution in [2.24, 2.45) is 0 Å². The van der Waals surface area contributed by atoms with Gasteiger partial charge in [-0.3, -0.25) is 4.79 Å². The summed E-state index contributed by atoms with van der Waals surface area (Å²) >= 11 is 9.59. The molecule has 0 rings (SSSR count). The van der Waals surface area contributed by atoms with E-state index in [1.54, 1.807) is 6.92 Å². The number of carbonyl (C=O) groups is 1. The van der Waals surface area contributed by atoms with Crippen molar-refractivity contribution in [3.05, 3.63) is 11.6 Å². The Morgan fingerprint density at radius 1 is 1.59 bits per heavy atom. The third-order valence-electron chi connectivity index (χ3n) is 2.47. The Hall–Kier alpha value is -0.0600. The number of hydrogen-bond acceptors (Lipinski definition) is 3. The van der Waals surface area contributed by atoms with Crippen molar-refractivity contribution in [2.75, 3.05) is 13.2 Å². The minimum absolute atomic E-state index is 0.0405. The second-order valence-electron chi connectivity index (χ2n) is 4.30. The quantitative estimate of drug-likeness (QED) is 0.444. The van der Waals surface area contributed by atoms with Crippen molar-refractivity contribution in [3.63, 3.8) is 0 Å². The molecule has 0 aromatic carbocycles. The van der Waals surface area contributed by atoms with Crippen LogP contribution >= 0.6 is 27.5 Å². The summed E-state index contributed by atoms with van der Waals surface area (Å²) < 4.78 is 4.81. The SMILES string of the molecule is CC(=O)OC/C=C(\C)CC[C@@H](Br)[C@@](C)(Cl)CO. The lowest BCUT2D eigenvalue weighted by Crippen LogP contribution is -2.33. The molecule has 0 saturated heterocycles. The normalized spacial score (nSPS) is 17.4. The first-order valence-corrected chi connectivity index (χ1v) is 6.81. The van der Waals surface area contributed by atoms with Gasteiger partial charge in [-0.15, -0.1) is 11.6 Å². The Morgan fingerprint density at radius 3 is 2.65 bits per heavy atom. The molecule has 0 amide bonds. The summed E-state index contributed by atoms with van der Waals surface area (Å²) in [5.74, 6) is -0.277. The highest BCUT2D eigenvalue weighted by atomic mass is 79.9. The van der Waals surface area contributed by atoms with E-state index in [1.165, 1.54) is 6.92 Å². The fourth-order valence-electron chi connectivity index (χ4n) is 1.16. The summed E-state index contributed by atoms with van der Waals surface area (Å²) in [6.07, 6.45) is 3.55. The number of hydrogen-bond donors (Lipinski definition) is 1. The van der Waals surface area contributed by atoms with E-state index in [2.05, 4.69) is 15.9 Å². The zero-order chi connectivity index (χ0) is 13.5. The first-order chi connectivity index (χ1) is 7.79. The maximum absolute atomic E-state index is 10.6. The van der Waals surface area contributed by atoms with Crippen molar-refractivity contribution in [2.45, 2.75) is 43.3 Å². The largest absolute Gasteiger partial charge is 0.462 e. The monoisotopic (exact) mass is 326 g/mol. The fourth-order valence-corrected chi connectivity index (χ4v) is 1.64. The first-order valence-electron chi connectivity index (χ1n) is 5.52. The summed E-state index contributed by atoms with van der Waals surface area (Å²) in [6.45, 7) is 5.41. The third-order valence-corrected chi connectivity index (χ3v) is 4.59. The molecule has 0 bridgehead atoms. The van der Waals surface area contributed by atoms with Gasteiger partial charge in [0.05, 0.1) is 11.5 Å². The molecule has 0 spiro atoms. The second-order valence-corrected chi connectivity index (χ2v) is 6.26. The van der Waals surface area contributed by atoms with Crippen LogP contribution < -0.4 is 0 Å². The second kappa shape index (κ2) is 8.11. The van der Waals surface area contributed by atoms with Gasteiger partial charge in [-0.2, -0.15) is 0 Å². The molecule has 0 aromatic heterocycles. The molecule has 0 aromatic rings. The Kier molecular flexibility index (Phi) is 8.09. The smallest absolute Gasteiger partial charge is 0.302 e. The van der Waals surface area contributed by atoms with Gasteiger partial charge in [-0.1, -0.05) is 21.5 Å². The van der Waals surface area contributed by atoms with Gasteiger partial charge in [-0.05, 0) is 32.8 Å². The highest BCUT2D eigenvalue weighted by Gasteiger charge is 2.28. The minimum Gasteiger partial charge on any atom is -0.462 e. The van der Waals surface area contributed by atoms with Crippen molar-refractivity contribution < 1.29 is 14.6 Å². The Labute approximate surface area is 116 Å². The van der Waals surface area contributed by atoms with Crippen LogP contribution in [-0.4, -0.2) is 34.0 Å². The molecule has 0 saturated carbocycles. The molecule has 0 heterocycles. The van der Waals surface area contributed by atoms with Crippen molar-refractivity contribution in [1.29, 1.82) is 0 Å². The zero-order valence-corrected chi connectivity index (χ0v) is 12.8. The van der Waals surface area contributed by atoms with Gasteiger partial charge in [0, 0.05) is 11.8 Å². The molecule has 0 aliphatic heterocycles. The van der Waals surface area contributed by atoms with E-state index in [-0.39, 0.29) is 17.4 Å². The number of aliphatic hydroxyl groups excluding tert-OH is 1. The van der Waals surface area contributed by atoms with Gasteiger partial charge in [-0.25, -0.2) is 0 Å². The molecular weight excluding hydrogens is 307 g/mol. The number of halogens is 2. The van der Waals surface area contributed by atoms with Gasteiger partial charge in [0.15, 0.2) is 0 Å². The van der Waals surface area contributed by atoms with Crippen LogP contribution in [0.25, 0.3) is 0 Å². The van der Waals surface area contributed by atoms with E-state index in [0.717, 1.165) is 18.4 Å². The molecule has 5 heteroatoms. The van der Waals surface area contributed by atoms with Crippen molar-refractivity contribution in [1.82, 2.24) is 0 Å². The lowest BCUT2D eigenvalue weighted by atomic mass is 10.0. The van der Waals surface area contributed by atoms with E-state index in [9.17, 15) is 4.79 Å². The number of rotatable bonds is 7. The van der Waals surface area contributed by atoms with Gasteiger partial charge < -0.3 is 9.84 Å². The van der Waals surface area contributed by atoms with Crippen molar-refractivity contribution >= 4 is 33.5 Å². The summed E-state index contributed by atoms with van der Waals surface area (Å²) in [6, 6.07) is 0. The highest BCUT2D eigenvalue weighted by molar-refractivity contribution is 9.09. The average molecular weight is 328 g/mol. The van der Waals surface area contributed by atoms with E-state index in [0.29, 0.717) is 6.61 Å². The fraction of sp³-hybridized carbons (Fsp3) is 0.750. The van der Waals surface area contributed by atoms with Crippen LogP contribution in [-0.2, 0) is 9.53 Å². The topological polar surface area (TPSA) is 46.5 Å². The van der Waals surface area contributed by atoms with Crippen LogP contribution in [0.1, 0.15) is 33.6 Å². The molecule has 0 aliphatic rings. The molecule has 1 N–H and O–H groups in total. The lowest BCUT2D eigenvalue weighted by molar-refractivity contribution is -0.139. The number of aliphatic hydroxyl groups is 1.